The molecule has 2 aromatic heterocycles. The van der Waals surface area contributed by atoms with E-state index in [1.807, 2.05) is 46.9 Å². The monoisotopic (exact) mass is 259 g/mol. The molecule has 0 atom stereocenters. The van der Waals surface area contributed by atoms with E-state index < -0.39 is 0 Å². The van der Waals surface area contributed by atoms with Gasteiger partial charge in [-0.05, 0) is 40.7 Å². The minimum atomic E-state index is -0.389. The average Bonchev–Trinajstić information content (AvgIpc) is 2.74. The summed E-state index contributed by atoms with van der Waals surface area (Å²) in [4.78, 5) is 4.41. The Kier molecular flexibility index (Phi) is 2.53. The Balaban J connectivity index is 1.97. The smallest absolute Gasteiger partial charge is 0.399 e. The lowest BCUT2D eigenvalue weighted by Crippen LogP contribution is -2.41. The summed E-state index contributed by atoms with van der Waals surface area (Å²) in [6.07, 6.45) is 3.67. The van der Waals surface area contributed by atoms with Crippen molar-refractivity contribution in [3.05, 3.63) is 24.2 Å². The summed E-state index contributed by atoms with van der Waals surface area (Å²) in [6, 6.07) is 1.96. The largest absolute Gasteiger partial charge is 0.496 e. The quantitative estimate of drug-likeness (QED) is 0.725. The first-order chi connectivity index (χ1) is 8.78. The summed E-state index contributed by atoms with van der Waals surface area (Å²) in [6.45, 7) is 10.1. The molecular weight excluding hydrogens is 241 g/mol. The van der Waals surface area contributed by atoms with Crippen LogP contribution in [-0.4, -0.2) is 32.9 Å². The summed E-state index contributed by atoms with van der Waals surface area (Å²) < 4.78 is 13.8. The summed E-state index contributed by atoms with van der Waals surface area (Å²) in [5.41, 5.74) is 1.98. The van der Waals surface area contributed by atoms with Crippen LogP contribution in [0.2, 0.25) is 0 Å². The first kappa shape index (κ1) is 12.6. The Labute approximate surface area is 113 Å². The molecule has 1 saturated heterocycles. The van der Waals surface area contributed by atoms with E-state index in [1.165, 1.54) is 0 Å². The van der Waals surface area contributed by atoms with E-state index in [2.05, 4.69) is 10.1 Å². The molecule has 5 nitrogen and oxygen atoms in total. The number of aromatic nitrogens is 3. The number of rotatable bonds is 1. The van der Waals surface area contributed by atoms with Crippen molar-refractivity contribution >= 4 is 18.2 Å². The maximum Gasteiger partial charge on any atom is 0.496 e. The van der Waals surface area contributed by atoms with E-state index in [4.69, 9.17) is 9.31 Å². The molecule has 6 heteroatoms. The highest BCUT2D eigenvalue weighted by Gasteiger charge is 2.51. The molecular formula is C13H18BN3O2. The van der Waals surface area contributed by atoms with Gasteiger partial charge >= 0.3 is 7.12 Å². The third kappa shape index (κ3) is 1.95. The van der Waals surface area contributed by atoms with Gasteiger partial charge in [-0.2, -0.15) is 5.10 Å². The van der Waals surface area contributed by atoms with Crippen molar-refractivity contribution in [3.63, 3.8) is 0 Å². The zero-order valence-corrected chi connectivity index (χ0v) is 12.0. The van der Waals surface area contributed by atoms with Gasteiger partial charge in [0.25, 0.3) is 0 Å². The first-order valence-electron chi connectivity index (χ1n) is 6.46. The van der Waals surface area contributed by atoms with Crippen molar-refractivity contribution in [1.29, 1.82) is 0 Å². The Bertz CT molecular complexity index is 620. The van der Waals surface area contributed by atoms with Gasteiger partial charge in [-0.1, -0.05) is 0 Å². The topological polar surface area (TPSA) is 48.7 Å². The number of imidazole rings is 1. The molecule has 0 spiro atoms. The molecule has 0 saturated carbocycles. The molecule has 0 bridgehead atoms. The number of fused-ring (bicyclic) bond motifs is 1. The van der Waals surface area contributed by atoms with Gasteiger partial charge in [0.1, 0.15) is 0 Å². The lowest BCUT2D eigenvalue weighted by atomic mass is 9.81. The third-order valence-electron chi connectivity index (χ3n) is 3.99. The van der Waals surface area contributed by atoms with Gasteiger partial charge in [0.15, 0.2) is 5.65 Å². The van der Waals surface area contributed by atoms with E-state index in [0.717, 1.165) is 16.8 Å². The van der Waals surface area contributed by atoms with Crippen LogP contribution in [0.4, 0.5) is 0 Å². The maximum atomic E-state index is 6.01. The van der Waals surface area contributed by atoms with Crippen LogP contribution in [0, 0.1) is 6.92 Å². The van der Waals surface area contributed by atoms with Crippen molar-refractivity contribution in [2.75, 3.05) is 0 Å². The predicted molar refractivity (Wildman–Crippen MR) is 73.4 cm³/mol. The van der Waals surface area contributed by atoms with Gasteiger partial charge in [0, 0.05) is 11.7 Å². The Morgan fingerprint density at radius 2 is 1.79 bits per heavy atom. The third-order valence-corrected chi connectivity index (χ3v) is 3.99. The van der Waals surface area contributed by atoms with Crippen LogP contribution in [-0.2, 0) is 9.31 Å². The zero-order chi connectivity index (χ0) is 13.8. The van der Waals surface area contributed by atoms with E-state index >= 15 is 0 Å². The molecule has 0 amide bonds. The summed E-state index contributed by atoms with van der Waals surface area (Å²) in [5.74, 6) is 0. The highest BCUT2D eigenvalue weighted by Crippen LogP contribution is 2.36. The second kappa shape index (κ2) is 3.80. The van der Waals surface area contributed by atoms with Crippen molar-refractivity contribution in [2.24, 2.45) is 0 Å². The minimum Gasteiger partial charge on any atom is -0.399 e. The van der Waals surface area contributed by atoms with Crippen molar-refractivity contribution < 1.29 is 9.31 Å². The molecule has 1 aliphatic heterocycles. The molecule has 100 valence electrons. The fraction of sp³-hybridized carbons (Fsp3) is 0.538. The van der Waals surface area contributed by atoms with Crippen LogP contribution in [0.5, 0.6) is 0 Å². The number of hydrogen-bond donors (Lipinski definition) is 0. The van der Waals surface area contributed by atoms with E-state index in [1.54, 1.807) is 10.7 Å². The molecule has 3 rings (SSSR count). The van der Waals surface area contributed by atoms with Gasteiger partial charge in [-0.3, -0.25) is 0 Å². The standard InChI is InChI=1S/C13H18BN3O2/c1-9-8-17-11(16-9)6-10(7-15-17)14-18-12(2,3)13(4,5)19-14/h6-8H,1-5H3. The van der Waals surface area contributed by atoms with Crippen LogP contribution in [0.15, 0.2) is 18.5 Å². The molecule has 19 heavy (non-hydrogen) atoms. The second-order valence-electron chi connectivity index (χ2n) is 6.06. The maximum absolute atomic E-state index is 6.01. The Morgan fingerprint density at radius 3 is 2.42 bits per heavy atom. The van der Waals surface area contributed by atoms with Gasteiger partial charge in [-0.15, -0.1) is 0 Å². The highest BCUT2D eigenvalue weighted by molar-refractivity contribution is 6.62. The molecule has 2 aromatic rings. The van der Waals surface area contributed by atoms with Gasteiger partial charge in [0.05, 0.1) is 23.1 Å². The number of hydrogen-bond acceptors (Lipinski definition) is 4. The van der Waals surface area contributed by atoms with Crippen LogP contribution in [0.3, 0.4) is 0 Å². The lowest BCUT2D eigenvalue weighted by molar-refractivity contribution is 0.00578. The van der Waals surface area contributed by atoms with Crippen LogP contribution in [0.25, 0.3) is 5.65 Å². The van der Waals surface area contributed by atoms with E-state index in [0.29, 0.717) is 0 Å². The first-order valence-corrected chi connectivity index (χ1v) is 6.46. The van der Waals surface area contributed by atoms with E-state index in [9.17, 15) is 0 Å². The van der Waals surface area contributed by atoms with Gasteiger partial charge < -0.3 is 9.31 Å². The predicted octanol–water partition coefficient (Wildman–Crippen LogP) is 1.34. The lowest BCUT2D eigenvalue weighted by Gasteiger charge is -2.32. The van der Waals surface area contributed by atoms with Crippen molar-refractivity contribution in [2.45, 2.75) is 45.8 Å². The Hall–Kier alpha value is -1.40. The normalized spacial score (nSPS) is 21.2. The molecule has 0 N–H and O–H groups in total. The molecule has 0 aliphatic carbocycles. The Morgan fingerprint density at radius 1 is 1.16 bits per heavy atom. The average molecular weight is 259 g/mol. The molecule has 3 heterocycles. The summed E-state index contributed by atoms with van der Waals surface area (Å²) in [7, 11) is -0.389. The molecule has 1 aliphatic rings. The van der Waals surface area contributed by atoms with Gasteiger partial charge in [0.2, 0.25) is 0 Å². The zero-order valence-electron chi connectivity index (χ0n) is 12.0. The summed E-state index contributed by atoms with van der Waals surface area (Å²) >= 11 is 0. The molecule has 1 fully saturated rings. The summed E-state index contributed by atoms with van der Waals surface area (Å²) in [5, 5.41) is 4.34. The van der Waals surface area contributed by atoms with E-state index in [-0.39, 0.29) is 18.3 Å². The number of nitrogens with zero attached hydrogens (tertiary/aromatic N) is 3. The van der Waals surface area contributed by atoms with Crippen LogP contribution >= 0.6 is 0 Å². The fourth-order valence-electron chi connectivity index (χ4n) is 2.12. The minimum absolute atomic E-state index is 0.338. The van der Waals surface area contributed by atoms with Gasteiger partial charge in [-0.25, -0.2) is 9.50 Å². The SMILES string of the molecule is Cc1cn2ncc(B3OC(C)(C)C(C)(C)O3)cc2n1. The molecule has 0 radical (unpaired) electrons. The molecule has 0 aromatic carbocycles. The highest BCUT2D eigenvalue weighted by atomic mass is 16.7. The van der Waals surface area contributed by atoms with Crippen LogP contribution < -0.4 is 5.46 Å². The van der Waals surface area contributed by atoms with Crippen molar-refractivity contribution in [1.82, 2.24) is 14.6 Å². The second-order valence-corrected chi connectivity index (χ2v) is 6.06. The fourth-order valence-corrected chi connectivity index (χ4v) is 2.12. The molecule has 0 unspecified atom stereocenters. The number of aryl methyl sites for hydroxylation is 1. The van der Waals surface area contributed by atoms with Crippen molar-refractivity contribution in [3.8, 4) is 0 Å². The van der Waals surface area contributed by atoms with Crippen LogP contribution in [0.1, 0.15) is 33.4 Å².